The van der Waals surface area contributed by atoms with Gasteiger partial charge in [0, 0.05) is 16.9 Å². The summed E-state index contributed by atoms with van der Waals surface area (Å²) in [7, 11) is 0. The van der Waals surface area contributed by atoms with E-state index in [0.717, 1.165) is 12.3 Å². The summed E-state index contributed by atoms with van der Waals surface area (Å²) < 4.78 is 43.3. The third-order valence-electron chi connectivity index (χ3n) is 2.95. The fourth-order valence-corrected chi connectivity index (χ4v) is 2.01. The lowest BCUT2D eigenvalue weighted by Gasteiger charge is -2.05. The first-order valence-corrected chi connectivity index (χ1v) is 6.95. The number of hydrogen-bond acceptors (Lipinski definition) is 4. The van der Waals surface area contributed by atoms with Crippen molar-refractivity contribution in [3.63, 3.8) is 0 Å². The summed E-state index contributed by atoms with van der Waals surface area (Å²) in [6.07, 6.45) is -3.79. The molecular formula is C16H10ClF3N2O2. The van der Waals surface area contributed by atoms with Crippen molar-refractivity contribution in [1.82, 2.24) is 0 Å². The molecule has 1 aromatic heterocycles. The molecule has 8 heteroatoms. The van der Waals surface area contributed by atoms with Gasteiger partial charge in [-0.25, -0.2) is 0 Å². The number of nitrogens with zero attached hydrogens (tertiary/aromatic N) is 1. The summed E-state index contributed by atoms with van der Waals surface area (Å²) in [5, 5.41) is 12.2. The molecule has 4 nitrogen and oxygen atoms in total. The molecule has 0 radical (unpaired) electrons. The number of allylic oxidation sites excluding steroid dienone is 1. The van der Waals surface area contributed by atoms with Gasteiger partial charge < -0.3 is 9.73 Å². The molecule has 1 heterocycles. The lowest BCUT2D eigenvalue weighted by atomic mass is 10.0. The average molecular weight is 355 g/mol. The van der Waals surface area contributed by atoms with Crippen LogP contribution >= 0.6 is 11.6 Å². The molecule has 0 amide bonds. The smallest absolute Gasteiger partial charge is 0.450 e. The number of aryl methyl sites for hydroxylation is 1. The van der Waals surface area contributed by atoms with Gasteiger partial charge in [-0.1, -0.05) is 11.6 Å². The Hall–Kier alpha value is -2.72. The number of rotatable bonds is 4. The third kappa shape index (κ3) is 3.97. The van der Waals surface area contributed by atoms with Gasteiger partial charge in [0.1, 0.15) is 17.4 Å². The van der Waals surface area contributed by atoms with E-state index in [-0.39, 0.29) is 5.76 Å². The number of furan rings is 1. The number of ketones is 1. The molecule has 124 valence electrons. The summed E-state index contributed by atoms with van der Waals surface area (Å²) in [5.41, 5.74) is -0.679. The average Bonchev–Trinajstić information content (AvgIpc) is 2.91. The molecular weight excluding hydrogens is 345 g/mol. The Labute approximate surface area is 140 Å². The molecule has 0 spiro atoms. The van der Waals surface area contributed by atoms with Gasteiger partial charge >= 0.3 is 6.18 Å². The topological polar surface area (TPSA) is 66.0 Å². The van der Waals surface area contributed by atoms with E-state index in [1.54, 1.807) is 30.3 Å². The Morgan fingerprint density at radius 2 is 1.96 bits per heavy atom. The Morgan fingerprint density at radius 3 is 2.50 bits per heavy atom. The molecule has 1 aromatic carbocycles. The summed E-state index contributed by atoms with van der Waals surface area (Å²) in [6.45, 7) is 1.29. The highest BCUT2D eigenvalue weighted by Gasteiger charge is 2.40. The number of hydrogen-bond donors (Lipinski definition) is 1. The Kier molecular flexibility index (Phi) is 5.00. The number of halogens is 4. The Bertz CT molecular complexity index is 830. The van der Waals surface area contributed by atoms with Crippen molar-refractivity contribution in [3.8, 4) is 6.07 Å². The van der Waals surface area contributed by atoms with Crippen LogP contribution in [-0.2, 0) is 6.18 Å². The molecule has 0 aliphatic carbocycles. The number of benzene rings is 1. The number of carbonyl (C=O) groups is 1. The molecule has 2 rings (SSSR count). The van der Waals surface area contributed by atoms with E-state index in [2.05, 4.69) is 9.73 Å². The summed E-state index contributed by atoms with van der Waals surface area (Å²) in [6, 6.07) is 8.86. The molecule has 24 heavy (non-hydrogen) atoms. The maximum absolute atomic E-state index is 12.9. The number of carbonyl (C=O) groups excluding carboxylic acids is 1. The van der Waals surface area contributed by atoms with Gasteiger partial charge in [-0.05, 0) is 37.3 Å². The number of anilines is 1. The number of alkyl halides is 3. The normalized spacial score (nSPS) is 11.9. The predicted molar refractivity (Wildman–Crippen MR) is 81.5 cm³/mol. The zero-order chi connectivity index (χ0) is 17.9. The standard InChI is InChI=1S/C16H10ClF3N2O2/c1-9-6-13(15(24-9)16(18,19)20)14(23)10(7-21)8-22-12-4-2-11(17)3-5-12/h2-6,8,22H,1H3/b10-8+. The molecule has 0 saturated heterocycles. The molecule has 0 fully saturated rings. The van der Waals surface area contributed by atoms with Crippen LogP contribution < -0.4 is 5.32 Å². The van der Waals surface area contributed by atoms with Crippen molar-refractivity contribution in [2.24, 2.45) is 0 Å². The quantitative estimate of drug-likeness (QED) is 0.478. The van der Waals surface area contributed by atoms with Crippen LogP contribution in [-0.4, -0.2) is 5.78 Å². The van der Waals surface area contributed by atoms with Crippen molar-refractivity contribution in [3.05, 3.63) is 64.2 Å². The van der Waals surface area contributed by atoms with Crippen LogP contribution in [0.4, 0.5) is 18.9 Å². The lowest BCUT2D eigenvalue weighted by molar-refractivity contribution is -0.153. The van der Waals surface area contributed by atoms with Crippen LogP contribution in [0.2, 0.25) is 5.02 Å². The largest absolute Gasteiger partial charge is 0.456 e. The Morgan fingerprint density at radius 1 is 1.33 bits per heavy atom. The zero-order valence-corrected chi connectivity index (χ0v) is 13.0. The summed E-state index contributed by atoms with van der Waals surface area (Å²) >= 11 is 5.73. The zero-order valence-electron chi connectivity index (χ0n) is 12.2. The minimum absolute atomic E-state index is 0.0753. The van der Waals surface area contributed by atoms with Crippen LogP contribution in [0.1, 0.15) is 21.9 Å². The molecule has 0 bridgehead atoms. The molecule has 0 atom stereocenters. The second-order valence-corrected chi connectivity index (χ2v) is 5.18. The Balaban J connectivity index is 2.31. The summed E-state index contributed by atoms with van der Waals surface area (Å²) in [5.74, 6) is -2.57. The van der Waals surface area contributed by atoms with Gasteiger partial charge in [-0.2, -0.15) is 18.4 Å². The van der Waals surface area contributed by atoms with Crippen LogP contribution in [0.3, 0.4) is 0 Å². The molecule has 0 aliphatic heterocycles. The molecule has 1 N–H and O–H groups in total. The number of nitriles is 1. The fraction of sp³-hybridized carbons (Fsp3) is 0.125. The fourth-order valence-electron chi connectivity index (χ4n) is 1.89. The number of Topliss-reactive ketones (excluding diaryl/α,β-unsaturated/α-hetero) is 1. The van der Waals surface area contributed by atoms with Gasteiger partial charge in [-0.15, -0.1) is 0 Å². The predicted octanol–water partition coefficient (Wildman–Crippen LogP) is 4.96. The SMILES string of the molecule is Cc1cc(C(=O)/C(C#N)=C/Nc2ccc(Cl)cc2)c(C(F)(F)F)o1. The van der Waals surface area contributed by atoms with Gasteiger partial charge in [0.15, 0.2) is 0 Å². The molecule has 0 aliphatic rings. The third-order valence-corrected chi connectivity index (χ3v) is 3.20. The van der Waals surface area contributed by atoms with Crippen molar-refractivity contribution in [1.29, 1.82) is 5.26 Å². The van der Waals surface area contributed by atoms with E-state index >= 15 is 0 Å². The first-order chi connectivity index (χ1) is 11.2. The first-order valence-electron chi connectivity index (χ1n) is 6.57. The van der Waals surface area contributed by atoms with Crippen molar-refractivity contribution < 1.29 is 22.4 Å². The highest BCUT2D eigenvalue weighted by atomic mass is 35.5. The van der Waals surface area contributed by atoms with E-state index in [4.69, 9.17) is 16.9 Å². The molecule has 0 unspecified atom stereocenters. The van der Waals surface area contributed by atoms with Gasteiger partial charge in [0.05, 0.1) is 5.56 Å². The van der Waals surface area contributed by atoms with Gasteiger partial charge in [0.2, 0.25) is 11.5 Å². The maximum Gasteiger partial charge on any atom is 0.450 e. The van der Waals surface area contributed by atoms with Crippen molar-refractivity contribution in [2.45, 2.75) is 13.1 Å². The van der Waals surface area contributed by atoms with Crippen molar-refractivity contribution >= 4 is 23.1 Å². The monoisotopic (exact) mass is 354 g/mol. The minimum atomic E-state index is -4.83. The second kappa shape index (κ2) is 6.81. The van der Waals surface area contributed by atoms with Crippen LogP contribution in [0.5, 0.6) is 0 Å². The summed E-state index contributed by atoms with van der Waals surface area (Å²) in [4.78, 5) is 12.2. The first kappa shape index (κ1) is 17.6. The van der Waals surface area contributed by atoms with E-state index in [0.29, 0.717) is 10.7 Å². The minimum Gasteiger partial charge on any atom is -0.456 e. The number of nitrogens with one attached hydrogen (secondary N) is 1. The molecule has 2 aromatic rings. The van der Waals surface area contributed by atoms with E-state index < -0.39 is 28.9 Å². The van der Waals surface area contributed by atoms with Crippen LogP contribution in [0.15, 0.2) is 46.5 Å². The lowest BCUT2D eigenvalue weighted by Crippen LogP contribution is -2.12. The van der Waals surface area contributed by atoms with Gasteiger partial charge in [-0.3, -0.25) is 4.79 Å². The van der Waals surface area contributed by atoms with Gasteiger partial charge in [0.25, 0.3) is 0 Å². The maximum atomic E-state index is 12.9. The van der Waals surface area contributed by atoms with Crippen LogP contribution in [0, 0.1) is 18.3 Å². The molecule has 0 saturated carbocycles. The highest BCUT2D eigenvalue weighted by molar-refractivity contribution is 6.30. The van der Waals surface area contributed by atoms with E-state index in [1.165, 1.54) is 6.92 Å². The highest BCUT2D eigenvalue weighted by Crippen LogP contribution is 2.35. The van der Waals surface area contributed by atoms with Crippen molar-refractivity contribution in [2.75, 3.05) is 5.32 Å². The van der Waals surface area contributed by atoms with Crippen LogP contribution in [0.25, 0.3) is 0 Å². The van der Waals surface area contributed by atoms with E-state index in [9.17, 15) is 18.0 Å². The second-order valence-electron chi connectivity index (χ2n) is 4.75. The van der Waals surface area contributed by atoms with E-state index in [1.807, 2.05) is 0 Å².